The quantitative estimate of drug-likeness (QED) is 0.615. The lowest BCUT2D eigenvalue weighted by Crippen LogP contribution is -2.24. The van der Waals surface area contributed by atoms with Gasteiger partial charge in [0.1, 0.15) is 0 Å². The molecule has 1 atom stereocenters. The minimum Gasteiger partial charge on any atom is -0.393 e. The summed E-state index contributed by atoms with van der Waals surface area (Å²) in [6.07, 6.45) is 13.2. The van der Waals surface area contributed by atoms with Crippen molar-refractivity contribution < 1.29 is 5.11 Å². The smallest absolute Gasteiger partial charge is 0.0540 e. The molecule has 0 saturated heterocycles. The van der Waals surface area contributed by atoms with E-state index < -0.39 is 0 Å². The standard InChI is InChI=1S/C12H20O/c13-12-8-6-11(7-9-12)10-4-2-1-3-5-10/h1-2,10-13H,3-9H2. The second kappa shape index (κ2) is 4.28. The molecule has 1 N–H and O–H groups in total. The Morgan fingerprint density at radius 2 is 1.62 bits per heavy atom. The number of allylic oxidation sites excluding steroid dienone is 2. The lowest BCUT2D eigenvalue weighted by atomic mass is 9.74. The second-order valence-corrected chi connectivity index (χ2v) is 4.61. The van der Waals surface area contributed by atoms with Gasteiger partial charge in [0.15, 0.2) is 0 Å². The van der Waals surface area contributed by atoms with Gasteiger partial charge in [0, 0.05) is 0 Å². The molecule has 1 heteroatoms. The molecular weight excluding hydrogens is 160 g/mol. The Balaban J connectivity index is 1.83. The maximum absolute atomic E-state index is 9.41. The maximum Gasteiger partial charge on any atom is 0.0540 e. The van der Waals surface area contributed by atoms with E-state index in [4.69, 9.17) is 0 Å². The third-order valence-electron chi connectivity index (χ3n) is 3.72. The minimum atomic E-state index is 0.00961. The van der Waals surface area contributed by atoms with Gasteiger partial charge in [0.25, 0.3) is 0 Å². The highest BCUT2D eigenvalue weighted by atomic mass is 16.3. The molecule has 1 unspecified atom stereocenters. The third kappa shape index (κ3) is 2.34. The highest BCUT2D eigenvalue weighted by Gasteiger charge is 2.26. The molecule has 0 heterocycles. The summed E-state index contributed by atoms with van der Waals surface area (Å²) in [6, 6.07) is 0. The predicted molar refractivity (Wildman–Crippen MR) is 54.4 cm³/mol. The number of hydrogen-bond donors (Lipinski definition) is 1. The molecule has 74 valence electrons. The van der Waals surface area contributed by atoms with Crippen molar-refractivity contribution in [1.29, 1.82) is 0 Å². The van der Waals surface area contributed by atoms with E-state index in [2.05, 4.69) is 12.2 Å². The van der Waals surface area contributed by atoms with Crippen molar-refractivity contribution in [2.75, 3.05) is 0 Å². The van der Waals surface area contributed by atoms with Gasteiger partial charge in [-0.25, -0.2) is 0 Å². The van der Waals surface area contributed by atoms with Crippen molar-refractivity contribution in [3.63, 3.8) is 0 Å². The summed E-state index contributed by atoms with van der Waals surface area (Å²) < 4.78 is 0. The molecule has 0 radical (unpaired) electrons. The molecule has 0 aromatic rings. The van der Waals surface area contributed by atoms with Gasteiger partial charge in [0.2, 0.25) is 0 Å². The summed E-state index contributed by atoms with van der Waals surface area (Å²) in [5.41, 5.74) is 0. The fraction of sp³-hybridized carbons (Fsp3) is 0.833. The van der Waals surface area contributed by atoms with Crippen LogP contribution in [0.15, 0.2) is 12.2 Å². The van der Waals surface area contributed by atoms with Gasteiger partial charge in [-0.3, -0.25) is 0 Å². The Bertz CT molecular complexity index is 178. The van der Waals surface area contributed by atoms with Gasteiger partial charge in [-0.15, -0.1) is 0 Å². The molecule has 1 fully saturated rings. The molecule has 0 bridgehead atoms. The number of hydrogen-bond acceptors (Lipinski definition) is 1. The molecule has 13 heavy (non-hydrogen) atoms. The normalized spacial score (nSPS) is 40.5. The highest BCUT2D eigenvalue weighted by molar-refractivity contribution is 4.92. The molecule has 2 rings (SSSR count). The molecule has 2 aliphatic rings. The monoisotopic (exact) mass is 180 g/mol. The summed E-state index contributed by atoms with van der Waals surface area (Å²) in [5, 5.41) is 9.41. The fourth-order valence-electron chi connectivity index (χ4n) is 2.82. The van der Waals surface area contributed by atoms with Crippen molar-refractivity contribution >= 4 is 0 Å². The van der Waals surface area contributed by atoms with E-state index in [1.807, 2.05) is 0 Å². The van der Waals surface area contributed by atoms with Crippen LogP contribution in [0, 0.1) is 11.8 Å². The molecular formula is C12H20O. The largest absolute Gasteiger partial charge is 0.393 e. The zero-order chi connectivity index (χ0) is 9.10. The van der Waals surface area contributed by atoms with Crippen molar-refractivity contribution in [3.05, 3.63) is 12.2 Å². The lowest BCUT2D eigenvalue weighted by molar-refractivity contribution is 0.0888. The van der Waals surface area contributed by atoms with Crippen molar-refractivity contribution in [1.82, 2.24) is 0 Å². The van der Waals surface area contributed by atoms with Crippen molar-refractivity contribution in [2.24, 2.45) is 11.8 Å². The highest BCUT2D eigenvalue weighted by Crippen LogP contribution is 2.36. The molecule has 1 nitrogen and oxygen atoms in total. The van der Waals surface area contributed by atoms with Crippen LogP contribution in [0.3, 0.4) is 0 Å². The first-order chi connectivity index (χ1) is 6.36. The van der Waals surface area contributed by atoms with Crippen LogP contribution < -0.4 is 0 Å². The van der Waals surface area contributed by atoms with Crippen LogP contribution in [-0.2, 0) is 0 Å². The number of aliphatic hydroxyl groups is 1. The number of rotatable bonds is 1. The summed E-state index contributed by atoms with van der Waals surface area (Å²) >= 11 is 0. The summed E-state index contributed by atoms with van der Waals surface area (Å²) in [4.78, 5) is 0. The van der Waals surface area contributed by atoms with E-state index in [1.165, 1.54) is 32.1 Å². The van der Waals surface area contributed by atoms with Gasteiger partial charge in [0.05, 0.1) is 6.10 Å². The van der Waals surface area contributed by atoms with Crippen LogP contribution in [0.5, 0.6) is 0 Å². The first kappa shape index (κ1) is 9.26. The van der Waals surface area contributed by atoms with Crippen LogP contribution in [0.4, 0.5) is 0 Å². The third-order valence-corrected chi connectivity index (χ3v) is 3.72. The van der Waals surface area contributed by atoms with Crippen molar-refractivity contribution in [3.8, 4) is 0 Å². The van der Waals surface area contributed by atoms with Crippen LogP contribution in [0.25, 0.3) is 0 Å². The van der Waals surface area contributed by atoms with Crippen LogP contribution in [0.2, 0.25) is 0 Å². The molecule has 0 aromatic carbocycles. The maximum atomic E-state index is 9.41. The Hall–Kier alpha value is -0.300. The first-order valence-electron chi connectivity index (χ1n) is 5.69. The summed E-state index contributed by atoms with van der Waals surface area (Å²) in [7, 11) is 0. The number of aliphatic hydroxyl groups excluding tert-OH is 1. The average molecular weight is 180 g/mol. The molecule has 0 spiro atoms. The lowest BCUT2D eigenvalue weighted by Gasteiger charge is -2.32. The molecule has 2 aliphatic carbocycles. The van der Waals surface area contributed by atoms with Gasteiger partial charge in [-0.05, 0) is 56.8 Å². The van der Waals surface area contributed by atoms with Crippen molar-refractivity contribution in [2.45, 2.75) is 51.0 Å². The van der Waals surface area contributed by atoms with Crippen LogP contribution in [-0.4, -0.2) is 11.2 Å². The van der Waals surface area contributed by atoms with E-state index in [0.29, 0.717) is 0 Å². The van der Waals surface area contributed by atoms with Gasteiger partial charge < -0.3 is 5.11 Å². The minimum absolute atomic E-state index is 0.00961. The Morgan fingerprint density at radius 3 is 2.23 bits per heavy atom. The Labute approximate surface area is 80.8 Å². The van der Waals surface area contributed by atoms with E-state index in [9.17, 15) is 5.11 Å². The van der Waals surface area contributed by atoms with Gasteiger partial charge >= 0.3 is 0 Å². The second-order valence-electron chi connectivity index (χ2n) is 4.61. The molecule has 0 amide bonds. The zero-order valence-corrected chi connectivity index (χ0v) is 8.28. The average Bonchev–Trinajstić information content (AvgIpc) is 2.20. The predicted octanol–water partition coefficient (Wildman–Crippen LogP) is 2.89. The first-order valence-corrected chi connectivity index (χ1v) is 5.69. The fourth-order valence-corrected chi connectivity index (χ4v) is 2.82. The SMILES string of the molecule is OC1CCC(C2CC=CCC2)CC1. The van der Waals surface area contributed by atoms with E-state index in [0.717, 1.165) is 24.7 Å². The van der Waals surface area contributed by atoms with E-state index in [-0.39, 0.29) is 6.10 Å². The zero-order valence-electron chi connectivity index (χ0n) is 8.28. The van der Waals surface area contributed by atoms with E-state index >= 15 is 0 Å². The molecule has 0 aliphatic heterocycles. The summed E-state index contributed by atoms with van der Waals surface area (Å²) in [6.45, 7) is 0. The Kier molecular flexibility index (Phi) is 3.05. The summed E-state index contributed by atoms with van der Waals surface area (Å²) in [5.74, 6) is 1.84. The van der Waals surface area contributed by atoms with Crippen LogP contribution >= 0.6 is 0 Å². The van der Waals surface area contributed by atoms with Crippen LogP contribution in [0.1, 0.15) is 44.9 Å². The topological polar surface area (TPSA) is 20.2 Å². The Morgan fingerprint density at radius 1 is 0.846 bits per heavy atom. The van der Waals surface area contributed by atoms with Gasteiger partial charge in [-0.2, -0.15) is 0 Å². The van der Waals surface area contributed by atoms with Gasteiger partial charge in [-0.1, -0.05) is 12.2 Å². The molecule has 1 saturated carbocycles. The molecule has 0 aromatic heterocycles. The van der Waals surface area contributed by atoms with E-state index in [1.54, 1.807) is 0 Å².